The van der Waals surface area contributed by atoms with Gasteiger partial charge in [0.25, 0.3) is 0 Å². The van der Waals surface area contributed by atoms with Crippen LogP contribution in [0.15, 0.2) is 12.1 Å². The predicted molar refractivity (Wildman–Crippen MR) is 89.5 cm³/mol. The molecule has 0 saturated carbocycles. The molecule has 0 N–H and O–H groups in total. The van der Waals surface area contributed by atoms with Crippen molar-refractivity contribution in [2.24, 2.45) is 0 Å². The molecule has 1 fully saturated rings. The zero-order valence-corrected chi connectivity index (χ0v) is 14.3. The number of nitrogens with zero attached hydrogens (tertiary/aromatic N) is 1. The first-order valence-corrected chi connectivity index (χ1v) is 7.90. The Kier molecular flexibility index (Phi) is 6.36. The van der Waals surface area contributed by atoms with Gasteiger partial charge in [0.15, 0.2) is 11.5 Å². The largest absolute Gasteiger partial charge is 0.493 e. The molecule has 5 heteroatoms. The van der Waals surface area contributed by atoms with E-state index in [0.29, 0.717) is 0 Å². The summed E-state index contributed by atoms with van der Waals surface area (Å²) >= 11 is 0. The van der Waals surface area contributed by atoms with E-state index in [1.54, 1.807) is 14.2 Å². The highest BCUT2D eigenvalue weighted by Gasteiger charge is 2.26. The molecule has 124 valence electrons. The standard InChI is InChI=1S/C17H25NO3.ClH/c1-19-15-10-13-6-9-21-17(14(13)11-16(15)20-2)12-18-7-4-3-5-8-18;/h10-11,17H,3-9,12H2,1-2H3;1H. The average Bonchev–Trinajstić information content (AvgIpc) is 2.55. The summed E-state index contributed by atoms with van der Waals surface area (Å²) in [6.07, 6.45) is 5.10. The van der Waals surface area contributed by atoms with Gasteiger partial charge < -0.3 is 19.1 Å². The average molecular weight is 328 g/mol. The third kappa shape index (κ3) is 3.67. The lowest BCUT2D eigenvalue weighted by molar-refractivity contribution is 0.0119. The fourth-order valence-electron chi connectivity index (χ4n) is 3.38. The second-order valence-electron chi connectivity index (χ2n) is 5.88. The second kappa shape index (κ2) is 8.04. The first kappa shape index (κ1) is 17.4. The van der Waals surface area contributed by atoms with E-state index in [4.69, 9.17) is 14.2 Å². The normalized spacial score (nSPS) is 21.6. The van der Waals surface area contributed by atoms with Crippen molar-refractivity contribution in [3.05, 3.63) is 23.3 Å². The van der Waals surface area contributed by atoms with Gasteiger partial charge in [0.05, 0.1) is 26.9 Å². The summed E-state index contributed by atoms with van der Waals surface area (Å²) < 4.78 is 16.9. The van der Waals surface area contributed by atoms with Crippen molar-refractivity contribution in [1.29, 1.82) is 0 Å². The summed E-state index contributed by atoms with van der Waals surface area (Å²) in [6.45, 7) is 4.18. The molecule has 0 bridgehead atoms. The molecule has 0 amide bonds. The van der Waals surface area contributed by atoms with Gasteiger partial charge in [0, 0.05) is 6.54 Å². The van der Waals surface area contributed by atoms with Gasteiger partial charge in [-0.2, -0.15) is 0 Å². The molecule has 0 aromatic heterocycles. The smallest absolute Gasteiger partial charge is 0.161 e. The molecule has 0 radical (unpaired) electrons. The number of rotatable bonds is 4. The number of halogens is 1. The molecule has 1 unspecified atom stereocenters. The van der Waals surface area contributed by atoms with E-state index in [9.17, 15) is 0 Å². The maximum absolute atomic E-state index is 6.04. The first-order chi connectivity index (χ1) is 10.3. The molecule has 3 rings (SSSR count). The van der Waals surface area contributed by atoms with Crippen molar-refractivity contribution in [2.45, 2.75) is 31.8 Å². The number of ether oxygens (including phenoxy) is 3. The van der Waals surface area contributed by atoms with Gasteiger partial charge in [-0.15, -0.1) is 12.4 Å². The van der Waals surface area contributed by atoms with Crippen LogP contribution >= 0.6 is 12.4 Å². The lowest BCUT2D eigenvalue weighted by Crippen LogP contribution is -2.35. The molecular formula is C17H26ClNO3. The fourth-order valence-corrected chi connectivity index (χ4v) is 3.38. The monoisotopic (exact) mass is 327 g/mol. The van der Waals surface area contributed by atoms with Gasteiger partial charge in [-0.3, -0.25) is 0 Å². The van der Waals surface area contributed by atoms with Crippen LogP contribution < -0.4 is 9.47 Å². The van der Waals surface area contributed by atoms with Gasteiger partial charge >= 0.3 is 0 Å². The molecule has 1 aromatic rings. The molecule has 0 spiro atoms. The Balaban J connectivity index is 0.00000176. The van der Waals surface area contributed by atoms with E-state index < -0.39 is 0 Å². The van der Waals surface area contributed by atoms with Gasteiger partial charge in [-0.25, -0.2) is 0 Å². The number of fused-ring (bicyclic) bond motifs is 1. The van der Waals surface area contributed by atoms with Crippen LogP contribution in [0.1, 0.15) is 36.5 Å². The molecule has 22 heavy (non-hydrogen) atoms. The summed E-state index contributed by atoms with van der Waals surface area (Å²) in [5.74, 6) is 1.61. The van der Waals surface area contributed by atoms with Gasteiger partial charge in [0.2, 0.25) is 0 Å². The SMILES string of the molecule is COc1cc2c(cc1OC)C(CN1CCCCC1)OCC2.Cl. The van der Waals surface area contributed by atoms with Crippen LogP contribution in [0.3, 0.4) is 0 Å². The quantitative estimate of drug-likeness (QED) is 0.849. The Morgan fingerprint density at radius 1 is 1.09 bits per heavy atom. The highest BCUT2D eigenvalue weighted by molar-refractivity contribution is 5.85. The lowest BCUT2D eigenvalue weighted by atomic mass is 9.95. The van der Waals surface area contributed by atoms with Crippen molar-refractivity contribution in [3.63, 3.8) is 0 Å². The third-order valence-corrected chi connectivity index (χ3v) is 4.56. The number of benzene rings is 1. The van der Waals surface area contributed by atoms with E-state index in [1.807, 2.05) is 0 Å². The zero-order valence-electron chi connectivity index (χ0n) is 13.5. The van der Waals surface area contributed by atoms with Crippen LogP contribution in [0.5, 0.6) is 11.5 Å². The number of methoxy groups -OCH3 is 2. The van der Waals surface area contributed by atoms with Crippen molar-refractivity contribution < 1.29 is 14.2 Å². The highest BCUT2D eigenvalue weighted by atomic mass is 35.5. The van der Waals surface area contributed by atoms with Gasteiger partial charge in [-0.05, 0) is 55.6 Å². The van der Waals surface area contributed by atoms with Crippen LogP contribution in [0.25, 0.3) is 0 Å². The van der Waals surface area contributed by atoms with Crippen molar-refractivity contribution in [2.75, 3.05) is 40.5 Å². The Morgan fingerprint density at radius 2 is 1.77 bits per heavy atom. The van der Waals surface area contributed by atoms with Crippen molar-refractivity contribution >= 4 is 12.4 Å². The molecule has 2 heterocycles. The van der Waals surface area contributed by atoms with Crippen LogP contribution in [0.4, 0.5) is 0 Å². The van der Waals surface area contributed by atoms with E-state index in [0.717, 1.165) is 31.1 Å². The minimum Gasteiger partial charge on any atom is -0.493 e. The predicted octanol–water partition coefficient (Wildman–Crippen LogP) is 3.23. The number of piperidine rings is 1. The van der Waals surface area contributed by atoms with Crippen LogP contribution in [-0.4, -0.2) is 45.4 Å². The third-order valence-electron chi connectivity index (χ3n) is 4.56. The van der Waals surface area contributed by atoms with E-state index in [-0.39, 0.29) is 18.5 Å². The summed E-state index contributed by atoms with van der Waals surface area (Å²) in [7, 11) is 3.38. The molecule has 1 atom stereocenters. The van der Waals surface area contributed by atoms with Crippen molar-refractivity contribution in [1.82, 2.24) is 4.90 Å². The molecule has 2 aliphatic rings. The minimum atomic E-state index is 0. The lowest BCUT2D eigenvalue weighted by Gasteiger charge is -2.33. The van der Waals surface area contributed by atoms with Crippen LogP contribution in [-0.2, 0) is 11.2 Å². The second-order valence-corrected chi connectivity index (χ2v) is 5.88. The molecular weight excluding hydrogens is 302 g/mol. The molecule has 0 aliphatic carbocycles. The zero-order chi connectivity index (χ0) is 14.7. The summed E-state index contributed by atoms with van der Waals surface area (Å²) in [5.41, 5.74) is 2.60. The maximum atomic E-state index is 6.04. The van der Waals surface area contributed by atoms with E-state index >= 15 is 0 Å². The summed E-state index contributed by atoms with van der Waals surface area (Å²) in [4.78, 5) is 2.53. The number of hydrogen-bond donors (Lipinski definition) is 0. The Hall–Kier alpha value is -0.970. The van der Waals surface area contributed by atoms with E-state index in [1.165, 1.54) is 43.5 Å². The van der Waals surface area contributed by atoms with Gasteiger partial charge in [-0.1, -0.05) is 6.42 Å². The first-order valence-electron chi connectivity index (χ1n) is 7.90. The van der Waals surface area contributed by atoms with E-state index in [2.05, 4.69) is 17.0 Å². The van der Waals surface area contributed by atoms with Crippen LogP contribution in [0.2, 0.25) is 0 Å². The molecule has 2 aliphatic heterocycles. The summed E-state index contributed by atoms with van der Waals surface area (Å²) in [6, 6.07) is 4.21. The Bertz CT molecular complexity index is 489. The summed E-state index contributed by atoms with van der Waals surface area (Å²) in [5, 5.41) is 0. The number of likely N-dealkylation sites (tertiary alicyclic amines) is 1. The molecule has 4 nitrogen and oxygen atoms in total. The van der Waals surface area contributed by atoms with Crippen molar-refractivity contribution in [3.8, 4) is 11.5 Å². The van der Waals surface area contributed by atoms with Gasteiger partial charge in [0.1, 0.15) is 0 Å². The topological polar surface area (TPSA) is 30.9 Å². The Labute approximate surface area is 139 Å². The molecule has 1 saturated heterocycles. The maximum Gasteiger partial charge on any atom is 0.161 e. The minimum absolute atomic E-state index is 0. The fraction of sp³-hybridized carbons (Fsp3) is 0.647. The highest BCUT2D eigenvalue weighted by Crippen LogP contribution is 2.37. The molecule has 1 aromatic carbocycles. The Morgan fingerprint density at radius 3 is 2.45 bits per heavy atom. The number of hydrogen-bond acceptors (Lipinski definition) is 4. The van der Waals surface area contributed by atoms with Crippen LogP contribution in [0, 0.1) is 0 Å².